The summed E-state index contributed by atoms with van der Waals surface area (Å²) in [5.41, 5.74) is 1.10. The van der Waals surface area contributed by atoms with Gasteiger partial charge in [-0.25, -0.2) is 4.98 Å². The largest absolute Gasteiger partial charge is 0.355 e. The standard InChI is InChI=1S/C18H21ClN4O/c19-16-5-6-17(21-14-16)22-9-2-10-23(12-11-22)18(24)7-4-15-3-1-8-20-13-15/h1,3,5-6,8,13-14H,2,4,7,9-12H2. The van der Waals surface area contributed by atoms with Crippen LogP contribution in [0, 0.1) is 0 Å². The van der Waals surface area contributed by atoms with Gasteiger partial charge in [0.1, 0.15) is 5.82 Å². The number of amides is 1. The topological polar surface area (TPSA) is 49.3 Å². The lowest BCUT2D eigenvalue weighted by atomic mass is 10.1. The summed E-state index contributed by atoms with van der Waals surface area (Å²) in [7, 11) is 0. The number of nitrogens with zero attached hydrogens (tertiary/aromatic N) is 4. The highest BCUT2D eigenvalue weighted by atomic mass is 35.5. The Morgan fingerprint density at radius 3 is 2.79 bits per heavy atom. The van der Waals surface area contributed by atoms with Crippen LogP contribution in [0.25, 0.3) is 0 Å². The highest BCUT2D eigenvalue weighted by Gasteiger charge is 2.19. The van der Waals surface area contributed by atoms with Gasteiger partial charge in [-0.05, 0) is 36.6 Å². The predicted molar refractivity (Wildman–Crippen MR) is 95.2 cm³/mol. The number of pyridine rings is 2. The Balaban J connectivity index is 1.53. The Morgan fingerprint density at radius 1 is 1.12 bits per heavy atom. The molecule has 126 valence electrons. The summed E-state index contributed by atoms with van der Waals surface area (Å²) in [5.74, 6) is 1.13. The first-order chi connectivity index (χ1) is 11.7. The molecule has 0 spiro atoms. The molecule has 1 aliphatic rings. The third kappa shape index (κ3) is 4.45. The summed E-state index contributed by atoms with van der Waals surface area (Å²) in [6.45, 7) is 3.24. The van der Waals surface area contributed by atoms with Crippen LogP contribution in [0.2, 0.25) is 5.02 Å². The number of aromatic nitrogens is 2. The van der Waals surface area contributed by atoms with E-state index in [1.54, 1.807) is 12.4 Å². The highest BCUT2D eigenvalue weighted by molar-refractivity contribution is 6.30. The summed E-state index contributed by atoms with van der Waals surface area (Å²) in [5, 5.41) is 0.640. The lowest BCUT2D eigenvalue weighted by Crippen LogP contribution is -2.35. The van der Waals surface area contributed by atoms with E-state index in [-0.39, 0.29) is 5.91 Å². The molecule has 2 aromatic heterocycles. The van der Waals surface area contributed by atoms with Gasteiger partial charge >= 0.3 is 0 Å². The van der Waals surface area contributed by atoms with Crippen molar-refractivity contribution in [1.29, 1.82) is 0 Å². The van der Waals surface area contributed by atoms with Gasteiger partial charge in [-0.2, -0.15) is 0 Å². The Hall–Kier alpha value is -2.14. The second-order valence-electron chi connectivity index (χ2n) is 5.92. The lowest BCUT2D eigenvalue weighted by molar-refractivity contribution is -0.130. The van der Waals surface area contributed by atoms with Crippen molar-refractivity contribution in [2.75, 3.05) is 31.1 Å². The van der Waals surface area contributed by atoms with Gasteiger partial charge in [0.05, 0.1) is 5.02 Å². The van der Waals surface area contributed by atoms with E-state index in [0.29, 0.717) is 11.4 Å². The van der Waals surface area contributed by atoms with Crippen LogP contribution in [0.15, 0.2) is 42.9 Å². The third-order valence-electron chi connectivity index (χ3n) is 4.23. The van der Waals surface area contributed by atoms with Crippen molar-refractivity contribution < 1.29 is 4.79 Å². The molecular formula is C18H21ClN4O. The average Bonchev–Trinajstić information content (AvgIpc) is 2.87. The van der Waals surface area contributed by atoms with E-state index in [1.807, 2.05) is 35.4 Å². The molecule has 3 heterocycles. The maximum atomic E-state index is 12.5. The second-order valence-corrected chi connectivity index (χ2v) is 6.35. The molecular weight excluding hydrogens is 324 g/mol. The Kier molecular flexibility index (Phi) is 5.64. The first-order valence-electron chi connectivity index (χ1n) is 8.25. The number of anilines is 1. The molecule has 0 saturated carbocycles. The SMILES string of the molecule is O=C(CCc1cccnc1)N1CCCN(c2ccc(Cl)cn2)CC1. The third-order valence-corrected chi connectivity index (χ3v) is 4.46. The van der Waals surface area contributed by atoms with E-state index < -0.39 is 0 Å². The molecule has 0 unspecified atom stereocenters. The quantitative estimate of drug-likeness (QED) is 0.855. The molecule has 1 aliphatic heterocycles. The summed E-state index contributed by atoms with van der Waals surface area (Å²) in [6, 6.07) is 7.70. The lowest BCUT2D eigenvalue weighted by Gasteiger charge is -2.23. The van der Waals surface area contributed by atoms with Crippen molar-refractivity contribution in [3.8, 4) is 0 Å². The number of carbonyl (C=O) groups excluding carboxylic acids is 1. The smallest absolute Gasteiger partial charge is 0.222 e. The van der Waals surface area contributed by atoms with Gasteiger partial charge in [-0.1, -0.05) is 17.7 Å². The fourth-order valence-electron chi connectivity index (χ4n) is 2.91. The summed E-state index contributed by atoms with van der Waals surface area (Å²) in [6.07, 6.45) is 7.46. The zero-order chi connectivity index (χ0) is 16.8. The normalized spacial score (nSPS) is 15.2. The molecule has 0 atom stereocenters. The molecule has 0 bridgehead atoms. The number of aryl methyl sites for hydroxylation is 1. The highest BCUT2D eigenvalue weighted by Crippen LogP contribution is 2.16. The first kappa shape index (κ1) is 16.7. The van der Waals surface area contributed by atoms with Gasteiger partial charge < -0.3 is 9.80 Å². The van der Waals surface area contributed by atoms with Crippen LogP contribution in [-0.2, 0) is 11.2 Å². The van der Waals surface area contributed by atoms with E-state index in [9.17, 15) is 4.79 Å². The van der Waals surface area contributed by atoms with Gasteiger partial charge in [0.15, 0.2) is 0 Å². The zero-order valence-electron chi connectivity index (χ0n) is 13.6. The molecule has 0 aromatic carbocycles. The zero-order valence-corrected chi connectivity index (χ0v) is 14.3. The van der Waals surface area contributed by atoms with E-state index in [2.05, 4.69) is 14.9 Å². The van der Waals surface area contributed by atoms with Crippen molar-refractivity contribution in [2.45, 2.75) is 19.3 Å². The number of hydrogen-bond acceptors (Lipinski definition) is 4. The summed E-state index contributed by atoms with van der Waals surface area (Å²) in [4.78, 5) is 25.1. The number of halogens is 1. The molecule has 0 N–H and O–H groups in total. The fourth-order valence-corrected chi connectivity index (χ4v) is 3.02. The van der Waals surface area contributed by atoms with Crippen molar-refractivity contribution in [1.82, 2.24) is 14.9 Å². The second kappa shape index (κ2) is 8.11. The minimum absolute atomic E-state index is 0.213. The van der Waals surface area contributed by atoms with E-state index >= 15 is 0 Å². The monoisotopic (exact) mass is 344 g/mol. The molecule has 0 radical (unpaired) electrons. The Labute approximate surface area is 147 Å². The van der Waals surface area contributed by atoms with Crippen LogP contribution in [0.3, 0.4) is 0 Å². The van der Waals surface area contributed by atoms with E-state index in [0.717, 1.165) is 50.4 Å². The minimum Gasteiger partial charge on any atom is -0.355 e. The Bertz CT molecular complexity index is 662. The summed E-state index contributed by atoms with van der Waals surface area (Å²) < 4.78 is 0. The van der Waals surface area contributed by atoms with Gasteiger partial charge in [-0.3, -0.25) is 9.78 Å². The molecule has 1 fully saturated rings. The van der Waals surface area contributed by atoms with Gasteiger partial charge in [-0.15, -0.1) is 0 Å². The van der Waals surface area contributed by atoms with Crippen molar-refractivity contribution in [3.05, 3.63) is 53.4 Å². The van der Waals surface area contributed by atoms with Crippen LogP contribution in [0.1, 0.15) is 18.4 Å². The molecule has 24 heavy (non-hydrogen) atoms. The average molecular weight is 345 g/mol. The van der Waals surface area contributed by atoms with Crippen molar-refractivity contribution in [3.63, 3.8) is 0 Å². The number of carbonyl (C=O) groups is 1. The van der Waals surface area contributed by atoms with E-state index in [4.69, 9.17) is 11.6 Å². The fraction of sp³-hybridized carbons (Fsp3) is 0.389. The van der Waals surface area contributed by atoms with Crippen molar-refractivity contribution in [2.24, 2.45) is 0 Å². The van der Waals surface area contributed by atoms with Crippen LogP contribution in [-0.4, -0.2) is 47.0 Å². The van der Waals surface area contributed by atoms with E-state index in [1.165, 1.54) is 0 Å². The maximum absolute atomic E-state index is 12.5. The van der Waals surface area contributed by atoms with Gasteiger partial charge in [0, 0.05) is 51.2 Å². The van der Waals surface area contributed by atoms with Gasteiger partial charge in [0.25, 0.3) is 0 Å². The molecule has 5 nitrogen and oxygen atoms in total. The number of hydrogen-bond donors (Lipinski definition) is 0. The van der Waals surface area contributed by atoms with Crippen LogP contribution in [0.4, 0.5) is 5.82 Å². The van der Waals surface area contributed by atoms with Gasteiger partial charge in [0.2, 0.25) is 5.91 Å². The van der Waals surface area contributed by atoms with Crippen LogP contribution in [0.5, 0.6) is 0 Å². The molecule has 1 saturated heterocycles. The maximum Gasteiger partial charge on any atom is 0.222 e. The summed E-state index contributed by atoms with van der Waals surface area (Å²) >= 11 is 5.89. The Morgan fingerprint density at radius 2 is 2.04 bits per heavy atom. The molecule has 0 aliphatic carbocycles. The molecule has 6 heteroatoms. The van der Waals surface area contributed by atoms with Crippen molar-refractivity contribution >= 4 is 23.3 Å². The van der Waals surface area contributed by atoms with Crippen LogP contribution < -0.4 is 4.90 Å². The first-order valence-corrected chi connectivity index (χ1v) is 8.63. The van der Waals surface area contributed by atoms with Crippen LogP contribution >= 0.6 is 11.6 Å². The number of rotatable bonds is 4. The molecule has 1 amide bonds. The minimum atomic E-state index is 0.213. The molecule has 2 aromatic rings. The molecule has 3 rings (SSSR count). The predicted octanol–water partition coefficient (Wildman–Crippen LogP) is 2.80.